The molecule has 0 fully saturated rings. The Hall–Kier alpha value is -6.80. The predicted molar refractivity (Wildman–Crippen MR) is 86.1 cm³/mol. The zero-order chi connectivity index (χ0) is 24.6. The molecule has 0 rings (SSSR count). The lowest BCUT2D eigenvalue weighted by Crippen LogP contribution is -1.70. The van der Waals surface area contributed by atoms with E-state index in [2.05, 4.69) is 179 Å². The molecule has 0 unspecified atom stereocenters. The molecule has 0 amide bonds. The van der Waals surface area contributed by atoms with Crippen LogP contribution in [0.3, 0.4) is 0 Å². The fraction of sp³-hybridized carbons (Fsp3) is 0. The van der Waals surface area contributed by atoms with Crippen LogP contribution in [0.4, 0.5) is 0 Å². The van der Waals surface area contributed by atoms with Gasteiger partial charge in [0, 0.05) is 83.6 Å². The fourth-order valence-electron chi connectivity index (χ4n) is 0.547. The SMILES string of the molecule is N/N=N/N=N/N=N/N=N/N=N/N=N/N=N/N=N/N=N/N=N/N=N/N=N/N=N/N=N/N=N/N=N/N. The number of rotatable bonds is 15. The van der Waals surface area contributed by atoms with Crippen LogP contribution in [0.5, 0.6) is 0 Å². The summed E-state index contributed by atoms with van der Waals surface area (Å²) in [5, 5.41) is 94.8. The van der Waals surface area contributed by atoms with E-state index in [1.54, 1.807) is 0 Å². The van der Waals surface area contributed by atoms with Crippen molar-refractivity contribution in [2.24, 2.45) is 179 Å². The van der Waals surface area contributed by atoms with E-state index in [9.17, 15) is 0 Å². The minimum absolute atomic E-state index is 2.75. The minimum atomic E-state index is 2.75. The molecule has 34 heavy (non-hydrogen) atoms. The quantitative estimate of drug-likeness (QED) is 0.191. The van der Waals surface area contributed by atoms with Crippen molar-refractivity contribution < 1.29 is 0 Å². The Morgan fingerprint density at radius 1 is 0.147 bits per heavy atom. The molecule has 0 saturated heterocycles. The molecule has 0 aromatic heterocycles. The van der Waals surface area contributed by atoms with Gasteiger partial charge in [-0.1, -0.05) is 10.4 Å². The highest BCUT2D eigenvalue weighted by molar-refractivity contribution is 4.15. The molecule has 0 heterocycles. The summed E-state index contributed by atoms with van der Waals surface area (Å²) in [5.41, 5.74) is 0. The van der Waals surface area contributed by atoms with Crippen molar-refractivity contribution in [2.45, 2.75) is 0 Å². The van der Waals surface area contributed by atoms with E-state index < -0.39 is 0 Å². The van der Waals surface area contributed by atoms with Crippen molar-refractivity contribution in [1.82, 2.24) is 0 Å². The molecule has 34 heteroatoms. The van der Waals surface area contributed by atoms with Crippen LogP contribution in [0.1, 0.15) is 0 Å². The maximum atomic E-state index is 4.62. The highest BCUT2D eigenvalue weighted by Crippen LogP contribution is 1.91. The molecule has 0 aliphatic carbocycles. The van der Waals surface area contributed by atoms with E-state index in [1.165, 1.54) is 0 Å². The van der Waals surface area contributed by atoms with E-state index in [0.29, 0.717) is 0 Å². The number of hydrogen-bond donors (Lipinski definition) is 2. The van der Waals surface area contributed by atoms with Crippen LogP contribution in [0, 0.1) is 0 Å². The second kappa shape index (κ2) is 26.2. The number of nitrogens with two attached hydrogens (primary N) is 2. The highest BCUT2D eigenvalue weighted by Gasteiger charge is 1.73. The molecular formula is H4N34. The van der Waals surface area contributed by atoms with Crippen LogP contribution in [0.25, 0.3) is 0 Å². The van der Waals surface area contributed by atoms with Gasteiger partial charge in [0.15, 0.2) is 0 Å². The van der Waals surface area contributed by atoms with Crippen molar-refractivity contribution >= 4 is 0 Å². The Kier molecular flexibility index (Phi) is 21.0. The van der Waals surface area contributed by atoms with Gasteiger partial charge < -0.3 is 11.7 Å². The topological polar surface area (TPSA) is 448 Å². The zero-order valence-corrected chi connectivity index (χ0v) is 15.5. The van der Waals surface area contributed by atoms with Gasteiger partial charge in [-0.15, -0.1) is 0 Å². The predicted octanol–water partition coefficient (Wildman–Crippen LogP) is 4.69. The Morgan fingerprint density at radius 3 is 0.324 bits per heavy atom. The molecule has 0 saturated carbocycles. The molecule has 0 radical (unpaired) electrons. The first-order valence-corrected chi connectivity index (χ1v) is 6.72. The standard InChI is InChI=1S/H4N34/c1-3-5-7-9-11-13-15-17-19-21-23-25-27-29-31-33-34-32-30-28-26-24-22-20-18-16-14-12-10-8-6-4-2/h(H2,1,4,5,8,9,12,13,16,17,20,21,24,25,28,29,32,33)(H2,2,3,6,7,10,11,14,15,18,19,22,23,26,27,30,31,34). The summed E-state index contributed by atoms with van der Waals surface area (Å²) in [6, 6.07) is 0. The third-order valence-electron chi connectivity index (χ3n) is 1.26. The second-order valence-electron chi connectivity index (χ2n) is 2.91. The van der Waals surface area contributed by atoms with Crippen LogP contribution in [-0.2, 0) is 0 Å². The molecule has 0 aliphatic heterocycles. The Balaban J connectivity index is 3.99. The molecule has 0 aromatic carbocycles. The Labute approximate surface area is 180 Å². The van der Waals surface area contributed by atoms with Gasteiger partial charge in [0.25, 0.3) is 0 Å². The third kappa shape index (κ3) is 25.2. The molecule has 0 aromatic rings. The van der Waals surface area contributed by atoms with Gasteiger partial charge in [0.1, 0.15) is 0 Å². The maximum absolute atomic E-state index is 4.62. The van der Waals surface area contributed by atoms with Gasteiger partial charge in [0.2, 0.25) is 0 Å². The maximum Gasteiger partial charge on any atom is 0 e. The lowest BCUT2D eigenvalue weighted by Gasteiger charge is -1.70. The summed E-state index contributed by atoms with van der Waals surface area (Å²) in [7, 11) is 0. The van der Waals surface area contributed by atoms with E-state index in [1.807, 2.05) is 0 Å². The van der Waals surface area contributed by atoms with Crippen LogP contribution in [-0.4, -0.2) is 0 Å². The Bertz CT molecular complexity index is 868. The lowest BCUT2D eigenvalue weighted by molar-refractivity contribution is 0.728. The van der Waals surface area contributed by atoms with Gasteiger partial charge in [0.05, 0.1) is 0 Å². The highest BCUT2D eigenvalue weighted by atomic mass is 15.7. The molecule has 0 bridgehead atoms. The monoisotopic (exact) mass is 480 g/mol. The molecular weight excluding hydrogens is 476 g/mol. The zero-order valence-electron chi connectivity index (χ0n) is 15.5. The summed E-state index contributed by atoms with van der Waals surface area (Å²) in [4.78, 5) is 0. The number of nitrogens with zero attached hydrogens (tertiary/aromatic N) is 32. The van der Waals surface area contributed by atoms with Crippen molar-refractivity contribution in [1.29, 1.82) is 0 Å². The molecule has 0 aliphatic rings. The smallest absolute Gasteiger partial charge is 0 e. The largest absolute Gasteiger partial charge is 0.303 e. The molecule has 174 valence electrons. The molecule has 0 atom stereocenters. The third-order valence-corrected chi connectivity index (χ3v) is 1.26. The summed E-state index contributed by atoms with van der Waals surface area (Å²) in [6.45, 7) is 0. The van der Waals surface area contributed by atoms with Crippen LogP contribution < -0.4 is 11.7 Å². The summed E-state index contributed by atoms with van der Waals surface area (Å²) in [6.07, 6.45) is 0. The minimum Gasteiger partial charge on any atom is -0.303 e. The van der Waals surface area contributed by atoms with Crippen molar-refractivity contribution in [3.8, 4) is 0 Å². The first-order chi connectivity index (χ1) is 16.9. The van der Waals surface area contributed by atoms with Crippen molar-refractivity contribution in [2.75, 3.05) is 0 Å². The van der Waals surface area contributed by atoms with Gasteiger partial charge in [-0.2, -0.15) is 0 Å². The first-order valence-electron chi connectivity index (χ1n) is 6.72. The summed E-state index contributed by atoms with van der Waals surface area (Å²) in [5.74, 6) is 9.23. The molecule has 34 nitrogen and oxygen atoms in total. The van der Waals surface area contributed by atoms with Gasteiger partial charge in [-0.25, -0.2) is 0 Å². The van der Waals surface area contributed by atoms with Gasteiger partial charge in [-0.3, -0.25) is 0 Å². The van der Waals surface area contributed by atoms with Crippen LogP contribution in [0.2, 0.25) is 0 Å². The van der Waals surface area contributed by atoms with E-state index in [-0.39, 0.29) is 0 Å². The van der Waals surface area contributed by atoms with E-state index in [0.717, 1.165) is 0 Å². The normalized spacial score (nSPS) is 15.2. The lowest BCUT2D eigenvalue weighted by atomic mass is 12.3. The van der Waals surface area contributed by atoms with Crippen molar-refractivity contribution in [3.05, 3.63) is 0 Å². The van der Waals surface area contributed by atoms with Crippen LogP contribution in [0.15, 0.2) is 167 Å². The van der Waals surface area contributed by atoms with Gasteiger partial charge in [-0.05, 0) is 73.1 Å². The van der Waals surface area contributed by atoms with Crippen LogP contribution >= 0.6 is 0 Å². The molecule has 0 spiro atoms. The first kappa shape index (κ1) is 27.2. The average Bonchev–Trinajstić information content (AvgIpc) is 2.85. The fourth-order valence-corrected chi connectivity index (χ4v) is 0.547. The average molecular weight is 480 g/mol. The van der Waals surface area contributed by atoms with Gasteiger partial charge >= 0.3 is 0 Å². The molecule has 4 N–H and O–H groups in total. The van der Waals surface area contributed by atoms with E-state index in [4.69, 9.17) is 0 Å². The van der Waals surface area contributed by atoms with E-state index >= 15 is 0 Å². The second-order valence-corrected chi connectivity index (χ2v) is 2.91. The summed E-state index contributed by atoms with van der Waals surface area (Å²) < 4.78 is 0. The summed E-state index contributed by atoms with van der Waals surface area (Å²) >= 11 is 0. The number of hydrogen-bond acceptors (Lipinski definition) is 2. The Morgan fingerprint density at radius 2 is 0.235 bits per heavy atom. The van der Waals surface area contributed by atoms with Crippen molar-refractivity contribution in [3.63, 3.8) is 0 Å².